The molecule has 0 radical (unpaired) electrons. The first-order chi connectivity index (χ1) is 8.97. The highest BCUT2D eigenvalue weighted by Crippen LogP contribution is 2.23. The van der Waals surface area contributed by atoms with E-state index in [0.29, 0.717) is 0 Å². The summed E-state index contributed by atoms with van der Waals surface area (Å²) in [7, 11) is 0. The van der Waals surface area contributed by atoms with E-state index in [0.717, 1.165) is 12.1 Å². The number of amides is 2. The molecule has 1 unspecified atom stereocenters. The van der Waals surface area contributed by atoms with Crippen LogP contribution in [0.4, 0.5) is 14.5 Å². The van der Waals surface area contributed by atoms with Crippen LogP contribution in [0.2, 0.25) is 0 Å². The minimum absolute atomic E-state index is 0.0105. The average molecular weight is 334 g/mol. The monoisotopic (exact) mass is 333 g/mol. The Hall–Kier alpha value is -1.54. The zero-order valence-electron chi connectivity index (χ0n) is 9.60. The molecular formula is C11H10BrF2N3O2. The van der Waals surface area contributed by atoms with Gasteiger partial charge in [0.2, 0.25) is 11.8 Å². The van der Waals surface area contributed by atoms with Gasteiger partial charge in [-0.25, -0.2) is 8.78 Å². The van der Waals surface area contributed by atoms with E-state index in [1.54, 1.807) is 0 Å². The van der Waals surface area contributed by atoms with Gasteiger partial charge in [-0.3, -0.25) is 14.9 Å². The molecule has 2 amide bonds. The lowest BCUT2D eigenvalue weighted by Gasteiger charge is -2.23. The summed E-state index contributed by atoms with van der Waals surface area (Å²) < 4.78 is 27.3. The highest BCUT2D eigenvalue weighted by atomic mass is 79.9. The Morgan fingerprint density at radius 3 is 2.53 bits per heavy atom. The predicted molar refractivity (Wildman–Crippen MR) is 67.5 cm³/mol. The molecule has 0 spiro atoms. The van der Waals surface area contributed by atoms with Gasteiger partial charge in [0.05, 0.1) is 6.54 Å². The third-order valence-corrected chi connectivity index (χ3v) is 3.04. The van der Waals surface area contributed by atoms with Crippen LogP contribution in [0.15, 0.2) is 16.6 Å². The summed E-state index contributed by atoms with van der Waals surface area (Å²) in [6.07, 6.45) is 0. The lowest BCUT2D eigenvalue weighted by atomic mass is 10.2. The molecule has 5 nitrogen and oxygen atoms in total. The largest absolute Gasteiger partial charge is 0.353 e. The molecule has 19 heavy (non-hydrogen) atoms. The number of hydrogen-bond acceptors (Lipinski definition) is 3. The van der Waals surface area contributed by atoms with Crippen molar-refractivity contribution in [2.75, 3.05) is 18.4 Å². The van der Waals surface area contributed by atoms with Gasteiger partial charge >= 0.3 is 0 Å². The summed E-state index contributed by atoms with van der Waals surface area (Å²) in [5.74, 6) is -2.59. The van der Waals surface area contributed by atoms with E-state index in [2.05, 4.69) is 31.9 Å². The van der Waals surface area contributed by atoms with Crippen LogP contribution >= 0.6 is 15.9 Å². The van der Waals surface area contributed by atoms with Gasteiger partial charge < -0.3 is 10.6 Å². The topological polar surface area (TPSA) is 70.2 Å². The van der Waals surface area contributed by atoms with E-state index in [1.165, 1.54) is 0 Å². The highest BCUT2D eigenvalue weighted by molar-refractivity contribution is 9.10. The van der Waals surface area contributed by atoms with Crippen molar-refractivity contribution in [1.29, 1.82) is 0 Å². The van der Waals surface area contributed by atoms with Crippen LogP contribution in [0.5, 0.6) is 0 Å². The van der Waals surface area contributed by atoms with Crippen molar-refractivity contribution in [2.24, 2.45) is 0 Å². The number of rotatable bonds is 2. The molecule has 102 valence electrons. The second-order valence-electron chi connectivity index (χ2n) is 3.97. The lowest BCUT2D eigenvalue weighted by molar-refractivity contribution is -0.124. The molecule has 1 atom stereocenters. The molecule has 0 saturated carbocycles. The minimum Gasteiger partial charge on any atom is -0.353 e. The Morgan fingerprint density at radius 1 is 1.37 bits per heavy atom. The van der Waals surface area contributed by atoms with Crippen molar-refractivity contribution >= 4 is 33.4 Å². The normalized spacial score (nSPS) is 18.9. The SMILES string of the molecule is O=C1CNC(C(=O)Nc2c(F)cc(Br)cc2F)CN1. The molecule has 0 aliphatic carbocycles. The Bertz CT molecular complexity index is 506. The summed E-state index contributed by atoms with van der Waals surface area (Å²) in [5, 5.41) is 7.31. The maximum absolute atomic E-state index is 13.5. The quantitative estimate of drug-likeness (QED) is 0.748. The number of carbonyl (C=O) groups excluding carboxylic acids is 2. The van der Waals surface area contributed by atoms with Gasteiger partial charge in [0, 0.05) is 11.0 Å². The fourth-order valence-corrected chi connectivity index (χ4v) is 2.03. The van der Waals surface area contributed by atoms with Crippen LogP contribution in [-0.4, -0.2) is 30.9 Å². The molecule has 1 aliphatic heterocycles. The number of benzene rings is 1. The molecule has 8 heteroatoms. The van der Waals surface area contributed by atoms with Gasteiger partial charge in [0.1, 0.15) is 11.7 Å². The van der Waals surface area contributed by atoms with Crippen molar-refractivity contribution < 1.29 is 18.4 Å². The van der Waals surface area contributed by atoms with Gasteiger partial charge in [-0.1, -0.05) is 15.9 Å². The molecule has 1 aliphatic rings. The van der Waals surface area contributed by atoms with Crippen LogP contribution in [0.1, 0.15) is 0 Å². The van der Waals surface area contributed by atoms with Gasteiger partial charge in [0.25, 0.3) is 0 Å². The van der Waals surface area contributed by atoms with E-state index in [4.69, 9.17) is 0 Å². The Balaban J connectivity index is 2.09. The average Bonchev–Trinajstić information content (AvgIpc) is 2.34. The molecule has 2 rings (SSSR count). The first kappa shape index (κ1) is 13.9. The Morgan fingerprint density at radius 2 is 2.00 bits per heavy atom. The molecule has 0 bridgehead atoms. The van der Waals surface area contributed by atoms with Gasteiger partial charge in [-0.15, -0.1) is 0 Å². The number of halogens is 3. The third kappa shape index (κ3) is 3.27. The first-order valence-electron chi connectivity index (χ1n) is 5.43. The van der Waals surface area contributed by atoms with E-state index in [1.807, 2.05) is 0 Å². The molecule has 1 aromatic carbocycles. The molecule has 1 aromatic rings. The smallest absolute Gasteiger partial charge is 0.243 e. The number of nitrogens with one attached hydrogen (secondary N) is 3. The van der Waals surface area contributed by atoms with E-state index in [9.17, 15) is 18.4 Å². The highest BCUT2D eigenvalue weighted by Gasteiger charge is 2.25. The minimum atomic E-state index is -0.875. The predicted octanol–water partition coefficient (Wildman–Crippen LogP) is 0.754. The molecular weight excluding hydrogens is 324 g/mol. The van der Waals surface area contributed by atoms with Crippen LogP contribution in [-0.2, 0) is 9.59 Å². The second-order valence-corrected chi connectivity index (χ2v) is 4.89. The first-order valence-corrected chi connectivity index (χ1v) is 6.22. The van der Waals surface area contributed by atoms with Gasteiger partial charge in [-0.2, -0.15) is 0 Å². The standard InChI is InChI=1S/C11H10BrF2N3O2/c12-5-1-6(13)10(7(14)2-5)17-11(19)8-3-16-9(18)4-15-8/h1-2,8,15H,3-4H2,(H,16,18)(H,17,19). The molecule has 1 saturated heterocycles. The fourth-order valence-electron chi connectivity index (χ4n) is 1.62. The summed E-state index contributed by atoms with van der Waals surface area (Å²) in [4.78, 5) is 22.7. The number of anilines is 1. The van der Waals surface area contributed by atoms with Crippen molar-refractivity contribution in [2.45, 2.75) is 6.04 Å². The fraction of sp³-hybridized carbons (Fsp3) is 0.273. The Labute approximate surface area is 115 Å². The van der Waals surface area contributed by atoms with E-state index < -0.39 is 29.3 Å². The van der Waals surface area contributed by atoms with E-state index in [-0.39, 0.29) is 23.5 Å². The van der Waals surface area contributed by atoms with Crippen LogP contribution in [0, 0.1) is 11.6 Å². The lowest BCUT2D eigenvalue weighted by Crippen LogP contribution is -2.56. The van der Waals surface area contributed by atoms with Crippen LogP contribution in [0.3, 0.4) is 0 Å². The number of piperazine rings is 1. The van der Waals surface area contributed by atoms with Crippen molar-refractivity contribution in [3.05, 3.63) is 28.2 Å². The van der Waals surface area contributed by atoms with Gasteiger partial charge in [-0.05, 0) is 12.1 Å². The molecule has 0 aromatic heterocycles. The Kier molecular flexibility index (Phi) is 4.11. The van der Waals surface area contributed by atoms with E-state index >= 15 is 0 Å². The van der Waals surface area contributed by atoms with Crippen molar-refractivity contribution in [1.82, 2.24) is 10.6 Å². The van der Waals surface area contributed by atoms with Crippen LogP contribution < -0.4 is 16.0 Å². The third-order valence-electron chi connectivity index (χ3n) is 2.58. The molecule has 1 fully saturated rings. The van der Waals surface area contributed by atoms with Crippen LogP contribution in [0.25, 0.3) is 0 Å². The second kappa shape index (κ2) is 5.62. The maximum Gasteiger partial charge on any atom is 0.243 e. The zero-order chi connectivity index (χ0) is 14.0. The van der Waals surface area contributed by atoms with Crippen molar-refractivity contribution in [3.63, 3.8) is 0 Å². The summed E-state index contributed by atoms with van der Waals surface area (Å²) in [5.41, 5.74) is -0.508. The molecule has 1 heterocycles. The van der Waals surface area contributed by atoms with Gasteiger partial charge in [0.15, 0.2) is 11.6 Å². The summed E-state index contributed by atoms with van der Waals surface area (Å²) >= 11 is 2.94. The number of carbonyl (C=O) groups is 2. The molecule has 3 N–H and O–H groups in total. The number of hydrogen-bond donors (Lipinski definition) is 3. The maximum atomic E-state index is 13.5. The summed E-state index contributed by atoms with van der Waals surface area (Å²) in [6, 6.07) is 1.38. The summed E-state index contributed by atoms with van der Waals surface area (Å²) in [6.45, 7) is 0.0633. The zero-order valence-corrected chi connectivity index (χ0v) is 11.2. The van der Waals surface area contributed by atoms with Crippen molar-refractivity contribution in [3.8, 4) is 0 Å².